The minimum Gasteiger partial charge on any atom is -0.548 e. The third-order valence-electron chi connectivity index (χ3n) is 2.18. The van der Waals surface area contributed by atoms with Crippen LogP contribution in [0.2, 0.25) is 0 Å². The first-order valence-electron chi connectivity index (χ1n) is 4.56. The third-order valence-corrected chi connectivity index (χ3v) is 2.18. The Kier molecular flexibility index (Phi) is 4.97. The van der Waals surface area contributed by atoms with Crippen LogP contribution in [0.15, 0.2) is 0 Å². The van der Waals surface area contributed by atoms with E-state index in [1.807, 2.05) is 0 Å². The molecule has 0 saturated carbocycles. The van der Waals surface area contributed by atoms with Crippen LogP contribution in [-0.2, 0) is 9.59 Å². The molecular weight excluding hydrogens is 223 g/mol. The number of hydrogen-bond acceptors (Lipinski definition) is 4. The molecular formula is C9H13N2NaO4. The number of carbonyl (C=O) groups is 3. The second-order valence-electron chi connectivity index (χ2n) is 4.51. The molecule has 1 aliphatic heterocycles. The van der Waals surface area contributed by atoms with Crippen molar-refractivity contribution in [3.05, 3.63) is 0 Å². The van der Waals surface area contributed by atoms with E-state index in [-0.39, 0.29) is 36.1 Å². The number of amides is 3. The first kappa shape index (κ1) is 15.4. The van der Waals surface area contributed by atoms with E-state index < -0.39 is 29.4 Å². The average Bonchev–Trinajstić information content (AvgIpc) is 2.32. The maximum atomic E-state index is 11.3. The molecule has 1 heterocycles. The molecule has 0 aliphatic carbocycles. The molecule has 0 aromatic carbocycles. The Morgan fingerprint density at radius 1 is 1.44 bits per heavy atom. The molecule has 1 atom stereocenters. The van der Waals surface area contributed by atoms with E-state index in [0.29, 0.717) is 0 Å². The standard InChI is InChI=1S/C9H14N2O4.Na/c1-9(2,3)6(7(13)14)11-5(12)4-10-8(11)15;/h6H,4H2,1-3H3,(H,10,15)(H,13,14);/q;+1/p-1. The summed E-state index contributed by atoms with van der Waals surface area (Å²) in [6.45, 7) is 4.74. The number of hydrogen-bond donors (Lipinski definition) is 1. The van der Waals surface area contributed by atoms with Crippen molar-refractivity contribution in [2.45, 2.75) is 26.8 Å². The zero-order chi connectivity index (χ0) is 11.8. The van der Waals surface area contributed by atoms with E-state index >= 15 is 0 Å². The molecule has 16 heavy (non-hydrogen) atoms. The number of nitrogens with zero attached hydrogens (tertiary/aromatic N) is 1. The maximum absolute atomic E-state index is 11.3. The van der Waals surface area contributed by atoms with Gasteiger partial charge in [0.05, 0.1) is 18.6 Å². The summed E-state index contributed by atoms with van der Waals surface area (Å²) < 4.78 is 0. The van der Waals surface area contributed by atoms with Crippen molar-refractivity contribution < 1.29 is 49.0 Å². The van der Waals surface area contributed by atoms with Crippen molar-refractivity contribution in [2.75, 3.05) is 6.54 Å². The van der Waals surface area contributed by atoms with Gasteiger partial charge in [0.1, 0.15) is 0 Å². The van der Waals surface area contributed by atoms with Gasteiger partial charge in [-0.3, -0.25) is 9.69 Å². The van der Waals surface area contributed by atoms with Crippen molar-refractivity contribution in [1.29, 1.82) is 0 Å². The summed E-state index contributed by atoms with van der Waals surface area (Å²) in [7, 11) is 0. The molecule has 0 aromatic heterocycles. The van der Waals surface area contributed by atoms with E-state index in [9.17, 15) is 19.5 Å². The summed E-state index contributed by atoms with van der Waals surface area (Å²) in [5.41, 5.74) is -0.754. The van der Waals surface area contributed by atoms with Crippen LogP contribution in [0.5, 0.6) is 0 Å². The summed E-state index contributed by atoms with van der Waals surface area (Å²) in [6.07, 6.45) is 0. The molecule has 1 N–H and O–H groups in total. The fourth-order valence-corrected chi connectivity index (χ4v) is 1.54. The van der Waals surface area contributed by atoms with Gasteiger partial charge in [-0.05, 0) is 5.41 Å². The average molecular weight is 236 g/mol. The van der Waals surface area contributed by atoms with Gasteiger partial charge in [-0.25, -0.2) is 4.79 Å². The largest absolute Gasteiger partial charge is 1.00 e. The normalized spacial score (nSPS) is 17.8. The van der Waals surface area contributed by atoms with Crippen molar-refractivity contribution in [1.82, 2.24) is 10.2 Å². The van der Waals surface area contributed by atoms with Crippen LogP contribution in [0.4, 0.5) is 4.79 Å². The molecule has 84 valence electrons. The molecule has 0 aromatic rings. The number of urea groups is 1. The predicted molar refractivity (Wildman–Crippen MR) is 48.5 cm³/mol. The monoisotopic (exact) mass is 236 g/mol. The molecule has 0 radical (unpaired) electrons. The Labute approximate surface area is 116 Å². The number of aliphatic carboxylic acids is 1. The summed E-state index contributed by atoms with van der Waals surface area (Å²) in [4.78, 5) is 34.3. The van der Waals surface area contributed by atoms with E-state index in [4.69, 9.17) is 0 Å². The minimum absolute atomic E-state index is 0. The summed E-state index contributed by atoms with van der Waals surface area (Å²) in [5, 5.41) is 13.2. The van der Waals surface area contributed by atoms with Crippen LogP contribution in [0, 0.1) is 5.41 Å². The first-order chi connectivity index (χ1) is 6.75. The SMILES string of the molecule is CC(C)(C)C(C(=O)[O-])N1C(=O)CNC1=O.[Na+]. The summed E-state index contributed by atoms with van der Waals surface area (Å²) >= 11 is 0. The van der Waals surface area contributed by atoms with Gasteiger partial charge in [0, 0.05) is 0 Å². The van der Waals surface area contributed by atoms with Crippen LogP contribution in [0.1, 0.15) is 20.8 Å². The van der Waals surface area contributed by atoms with Crippen LogP contribution in [0.3, 0.4) is 0 Å². The van der Waals surface area contributed by atoms with Crippen LogP contribution >= 0.6 is 0 Å². The van der Waals surface area contributed by atoms with Crippen LogP contribution < -0.4 is 40.0 Å². The van der Waals surface area contributed by atoms with Crippen LogP contribution in [0.25, 0.3) is 0 Å². The quantitative estimate of drug-likeness (QED) is 0.388. The third kappa shape index (κ3) is 2.96. The maximum Gasteiger partial charge on any atom is 1.00 e. The van der Waals surface area contributed by atoms with Gasteiger partial charge in [0.2, 0.25) is 0 Å². The zero-order valence-electron chi connectivity index (χ0n) is 9.86. The predicted octanol–water partition coefficient (Wildman–Crippen LogP) is -4.29. The molecule has 1 aliphatic rings. The number of rotatable bonds is 2. The van der Waals surface area contributed by atoms with Crippen molar-refractivity contribution >= 4 is 17.9 Å². The summed E-state index contributed by atoms with van der Waals surface area (Å²) in [6, 6.07) is -1.92. The fourth-order valence-electron chi connectivity index (χ4n) is 1.54. The number of carbonyl (C=O) groups excluding carboxylic acids is 3. The fraction of sp³-hybridized carbons (Fsp3) is 0.667. The molecule has 1 rings (SSSR count). The smallest absolute Gasteiger partial charge is 0.548 e. The van der Waals surface area contributed by atoms with E-state index in [1.54, 1.807) is 20.8 Å². The Morgan fingerprint density at radius 3 is 2.19 bits per heavy atom. The van der Waals surface area contributed by atoms with Crippen molar-refractivity contribution in [2.24, 2.45) is 5.41 Å². The Morgan fingerprint density at radius 2 is 1.94 bits per heavy atom. The summed E-state index contributed by atoms with van der Waals surface area (Å²) in [5.74, 6) is -1.96. The van der Waals surface area contributed by atoms with Gasteiger partial charge in [-0.15, -0.1) is 0 Å². The zero-order valence-corrected chi connectivity index (χ0v) is 11.9. The van der Waals surface area contributed by atoms with E-state index in [1.165, 1.54) is 0 Å². The molecule has 0 bridgehead atoms. The van der Waals surface area contributed by atoms with Gasteiger partial charge >= 0.3 is 35.6 Å². The Bertz CT molecular complexity index is 308. The molecule has 1 unspecified atom stereocenters. The number of carboxylic acid groups (broad SMARTS) is 1. The van der Waals surface area contributed by atoms with Crippen molar-refractivity contribution in [3.63, 3.8) is 0 Å². The Hall–Kier alpha value is -0.590. The molecule has 1 saturated heterocycles. The number of carboxylic acids is 1. The van der Waals surface area contributed by atoms with Gasteiger partial charge < -0.3 is 15.2 Å². The first-order valence-corrected chi connectivity index (χ1v) is 4.56. The molecule has 7 heteroatoms. The van der Waals surface area contributed by atoms with Gasteiger partial charge in [-0.1, -0.05) is 20.8 Å². The number of imide groups is 1. The Balaban J connectivity index is 0.00000225. The van der Waals surface area contributed by atoms with Crippen molar-refractivity contribution in [3.8, 4) is 0 Å². The van der Waals surface area contributed by atoms with Crippen LogP contribution in [-0.4, -0.2) is 35.4 Å². The second-order valence-corrected chi connectivity index (χ2v) is 4.51. The van der Waals surface area contributed by atoms with Gasteiger partial charge in [-0.2, -0.15) is 0 Å². The van der Waals surface area contributed by atoms with Gasteiger partial charge in [0.25, 0.3) is 5.91 Å². The second kappa shape index (κ2) is 5.16. The minimum atomic E-state index is -1.42. The molecule has 1 fully saturated rings. The topological polar surface area (TPSA) is 89.5 Å². The van der Waals surface area contributed by atoms with Gasteiger partial charge in [0.15, 0.2) is 0 Å². The van der Waals surface area contributed by atoms with E-state index in [2.05, 4.69) is 5.32 Å². The molecule has 3 amide bonds. The number of nitrogens with one attached hydrogen (secondary N) is 1. The molecule has 6 nitrogen and oxygen atoms in total. The molecule has 0 spiro atoms. The van der Waals surface area contributed by atoms with E-state index in [0.717, 1.165) is 4.90 Å².